The molecule has 3 rings (SSSR count). The number of aliphatic hydroxyl groups is 1. The monoisotopic (exact) mass is 263 g/mol. The molecule has 102 valence electrons. The second kappa shape index (κ2) is 4.39. The lowest BCUT2D eigenvalue weighted by atomic mass is 10.0. The summed E-state index contributed by atoms with van der Waals surface area (Å²) in [7, 11) is 3.92. The van der Waals surface area contributed by atoms with Crippen LogP contribution in [0, 0.1) is 0 Å². The van der Waals surface area contributed by atoms with Crippen molar-refractivity contribution in [2.45, 2.75) is 12.0 Å². The lowest BCUT2D eigenvalue weighted by Gasteiger charge is -2.26. The molecule has 0 spiro atoms. The molecule has 1 saturated heterocycles. The largest absolute Gasteiger partial charge is 0.387 e. The molecular formula is C11H17N7O. The van der Waals surface area contributed by atoms with Crippen LogP contribution < -0.4 is 4.90 Å². The van der Waals surface area contributed by atoms with Crippen LogP contribution in [-0.2, 0) is 0 Å². The van der Waals surface area contributed by atoms with Crippen molar-refractivity contribution >= 4 is 11.5 Å². The molecule has 0 saturated carbocycles. The zero-order chi connectivity index (χ0) is 13.5. The molecule has 8 nitrogen and oxygen atoms in total. The normalized spacial score (nSPS) is 23.7. The van der Waals surface area contributed by atoms with E-state index in [-0.39, 0.29) is 0 Å². The number of likely N-dealkylation sites (N-methyl/N-ethyl adjacent to an activating group) is 1. The Hall–Kier alpha value is -1.80. The van der Waals surface area contributed by atoms with E-state index in [1.54, 1.807) is 16.9 Å². The molecule has 0 amide bonds. The summed E-state index contributed by atoms with van der Waals surface area (Å²) in [5.74, 6) is 0.724. The summed E-state index contributed by atoms with van der Waals surface area (Å²) < 4.78 is 1.59. The highest BCUT2D eigenvalue weighted by atomic mass is 16.3. The number of aromatic nitrogens is 5. The molecule has 1 atom stereocenters. The fraction of sp³-hybridized carbons (Fsp3) is 0.636. The molecular weight excluding hydrogens is 246 g/mol. The first-order chi connectivity index (χ1) is 9.07. The van der Waals surface area contributed by atoms with Crippen molar-refractivity contribution in [1.82, 2.24) is 29.9 Å². The van der Waals surface area contributed by atoms with Gasteiger partial charge in [-0.25, -0.2) is 4.98 Å². The van der Waals surface area contributed by atoms with Crippen molar-refractivity contribution < 1.29 is 5.11 Å². The number of β-amino-alcohol motifs (C(OH)–C–C–N with tert-alkyl or cyclic N) is 1. The van der Waals surface area contributed by atoms with E-state index in [2.05, 4.69) is 20.5 Å². The quantitative estimate of drug-likeness (QED) is 0.762. The van der Waals surface area contributed by atoms with Crippen molar-refractivity contribution in [3.63, 3.8) is 0 Å². The van der Waals surface area contributed by atoms with E-state index >= 15 is 0 Å². The average molecular weight is 263 g/mol. The van der Waals surface area contributed by atoms with Gasteiger partial charge in [-0.3, -0.25) is 0 Å². The molecule has 1 N–H and O–H groups in total. The molecule has 1 fully saturated rings. The van der Waals surface area contributed by atoms with Gasteiger partial charge in [-0.2, -0.15) is 4.52 Å². The Labute approximate surface area is 110 Å². The highest BCUT2D eigenvalue weighted by Crippen LogP contribution is 2.27. The molecule has 1 unspecified atom stereocenters. The number of nitrogens with zero attached hydrogens (tertiary/aromatic N) is 7. The van der Waals surface area contributed by atoms with Gasteiger partial charge in [0.1, 0.15) is 0 Å². The minimum Gasteiger partial charge on any atom is -0.387 e. The average Bonchev–Trinajstić information content (AvgIpc) is 2.94. The Balaban J connectivity index is 1.87. The van der Waals surface area contributed by atoms with Crippen LogP contribution in [0.2, 0.25) is 0 Å². The first-order valence-electron chi connectivity index (χ1n) is 6.22. The minimum absolute atomic E-state index is 0.546. The maximum Gasteiger partial charge on any atom is 0.221 e. The summed E-state index contributed by atoms with van der Waals surface area (Å²) in [6.07, 6.45) is 4.10. The second-order valence-electron chi connectivity index (χ2n) is 5.33. The Morgan fingerprint density at radius 3 is 3.11 bits per heavy atom. The van der Waals surface area contributed by atoms with Crippen molar-refractivity contribution in [1.29, 1.82) is 0 Å². The van der Waals surface area contributed by atoms with E-state index in [4.69, 9.17) is 0 Å². The first-order valence-corrected chi connectivity index (χ1v) is 6.22. The van der Waals surface area contributed by atoms with Gasteiger partial charge in [0.15, 0.2) is 5.82 Å². The third-order valence-electron chi connectivity index (χ3n) is 3.34. The standard InChI is InChI=1S/C11H17N7O/c1-16(2)7-11(19)3-5-17(8-11)9-10-13-14-15-18(10)6-4-12-9/h4,6,19H,3,5,7-8H2,1-2H3. The van der Waals surface area contributed by atoms with Crippen LogP contribution in [0.25, 0.3) is 5.65 Å². The van der Waals surface area contributed by atoms with Gasteiger partial charge in [0, 0.05) is 25.8 Å². The summed E-state index contributed by atoms with van der Waals surface area (Å²) in [4.78, 5) is 8.38. The van der Waals surface area contributed by atoms with E-state index in [1.165, 1.54) is 0 Å². The summed E-state index contributed by atoms with van der Waals surface area (Å²) in [5, 5.41) is 22.0. The fourth-order valence-corrected chi connectivity index (χ4v) is 2.64. The van der Waals surface area contributed by atoms with Gasteiger partial charge < -0.3 is 14.9 Å². The van der Waals surface area contributed by atoms with Crippen LogP contribution in [0.1, 0.15) is 6.42 Å². The predicted octanol–water partition coefficient (Wildman–Crippen LogP) is -0.978. The van der Waals surface area contributed by atoms with Gasteiger partial charge in [0.25, 0.3) is 0 Å². The van der Waals surface area contributed by atoms with Gasteiger partial charge in [-0.05, 0) is 30.9 Å². The third kappa shape index (κ3) is 2.24. The van der Waals surface area contributed by atoms with Gasteiger partial charge in [-0.1, -0.05) is 0 Å². The third-order valence-corrected chi connectivity index (χ3v) is 3.34. The molecule has 3 heterocycles. The van der Waals surface area contributed by atoms with Gasteiger partial charge >= 0.3 is 0 Å². The maximum absolute atomic E-state index is 10.5. The zero-order valence-corrected chi connectivity index (χ0v) is 11.1. The number of hydrogen-bond acceptors (Lipinski definition) is 7. The van der Waals surface area contributed by atoms with Crippen LogP contribution in [0.15, 0.2) is 12.4 Å². The Morgan fingerprint density at radius 2 is 2.32 bits per heavy atom. The number of rotatable bonds is 3. The number of anilines is 1. The summed E-state index contributed by atoms with van der Waals surface area (Å²) in [6.45, 7) is 1.94. The van der Waals surface area contributed by atoms with Gasteiger partial charge in [-0.15, -0.1) is 5.10 Å². The predicted molar refractivity (Wildman–Crippen MR) is 68.9 cm³/mol. The van der Waals surface area contributed by atoms with Crippen LogP contribution in [0.4, 0.5) is 5.82 Å². The fourth-order valence-electron chi connectivity index (χ4n) is 2.64. The number of hydrogen-bond donors (Lipinski definition) is 1. The Morgan fingerprint density at radius 1 is 1.47 bits per heavy atom. The maximum atomic E-state index is 10.5. The van der Waals surface area contributed by atoms with E-state index in [9.17, 15) is 5.11 Å². The molecule has 2 aromatic heterocycles. The molecule has 1 aliphatic rings. The molecule has 0 aliphatic carbocycles. The van der Waals surface area contributed by atoms with E-state index in [1.807, 2.05) is 23.9 Å². The molecule has 0 bridgehead atoms. The lowest BCUT2D eigenvalue weighted by molar-refractivity contribution is 0.0366. The number of tetrazole rings is 1. The number of fused-ring (bicyclic) bond motifs is 1. The molecule has 8 heteroatoms. The smallest absolute Gasteiger partial charge is 0.221 e. The van der Waals surface area contributed by atoms with Crippen LogP contribution >= 0.6 is 0 Å². The first kappa shape index (κ1) is 12.2. The van der Waals surface area contributed by atoms with Gasteiger partial charge in [0.05, 0.1) is 11.8 Å². The SMILES string of the molecule is CN(C)CC1(O)CCN(c2nccn3nnnc23)C1. The molecule has 0 radical (unpaired) electrons. The van der Waals surface area contributed by atoms with E-state index in [0.717, 1.165) is 18.8 Å². The lowest BCUT2D eigenvalue weighted by Crippen LogP contribution is -2.42. The van der Waals surface area contributed by atoms with E-state index in [0.29, 0.717) is 18.7 Å². The molecule has 19 heavy (non-hydrogen) atoms. The van der Waals surface area contributed by atoms with E-state index < -0.39 is 5.60 Å². The molecule has 1 aliphatic heterocycles. The molecule has 0 aromatic carbocycles. The van der Waals surface area contributed by atoms with Crippen molar-refractivity contribution in [3.8, 4) is 0 Å². The van der Waals surface area contributed by atoms with Crippen LogP contribution in [-0.4, -0.2) is 74.4 Å². The van der Waals surface area contributed by atoms with Crippen LogP contribution in [0.5, 0.6) is 0 Å². The zero-order valence-electron chi connectivity index (χ0n) is 11.1. The van der Waals surface area contributed by atoms with Crippen molar-refractivity contribution in [3.05, 3.63) is 12.4 Å². The summed E-state index contributed by atoms with van der Waals surface area (Å²) >= 11 is 0. The highest BCUT2D eigenvalue weighted by molar-refractivity contribution is 5.63. The second-order valence-corrected chi connectivity index (χ2v) is 5.33. The van der Waals surface area contributed by atoms with Crippen molar-refractivity contribution in [2.24, 2.45) is 0 Å². The van der Waals surface area contributed by atoms with Crippen molar-refractivity contribution in [2.75, 3.05) is 38.6 Å². The molecule has 2 aromatic rings. The van der Waals surface area contributed by atoms with Gasteiger partial charge in [0.2, 0.25) is 5.65 Å². The summed E-state index contributed by atoms with van der Waals surface area (Å²) in [5.41, 5.74) is -0.0811. The van der Waals surface area contributed by atoms with Crippen LogP contribution in [0.3, 0.4) is 0 Å². The summed E-state index contributed by atoms with van der Waals surface area (Å²) in [6, 6.07) is 0. The Bertz CT molecular complexity index is 583. The topological polar surface area (TPSA) is 82.7 Å². The minimum atomic E-state index is -0.703. The Kier molecular flexibility index (Phi) is 2.83. The highest BCUT2D eigenvalue weighted by Gasteiger charge is 2.37.